The van der Waals surface area contributed by atoms with Crippen LogP contribution in [-0.2, 0) is 5.92 Å². The van der Waals surface area contributed by atoms with Gasteiger partial charge in [-0.05, 0) is 51.2 Å². The fraction of sp³-hybridized carbons (Fsp3) is 0.647. The second-order valence-electron chi connectivity index (χ2n) is 6.47. The predicted octanol–water partition coefficient (Wildman–Crippen LogP) is 3.24. The lowest BCUT2D eigenvalue weighted by molar-refractivity contribution is -0.0431. The summed E-state index contributed by atoms with van der Waals surface area (Å²) in [5.41, 5.74) is 0.124. The van der Waals surface area contributed by atoms with Crippen LogP contribution in [0, 0.1) is 5.92 Å². The van der Waals surface area contributed by atoms with Crippen molar-refractivity contribution in [3.63, 3.8) is 0 Å². The van der Waals surface area contributed by atoms with Crippen molar-refractivity contribution in [1.29, 1.82) is 0 Å². The molecule has 0 unspecified atom stereocenters. The first-order valence-corrected chi connectivity index (χ1v) is 8.02. The van der Waals surface area contributed by atoms with Gasteiger partial charge in [0.15, 0.2) is 0 Å². The number of nitrogens with one attached hydrogen (secondary N) is 1. The Morgan fingerprint density at radius 1 is 1.05 bits per heavy atom. The Morgan fingerprint density at radius 3 is 2.33 bits per heavy atom. The van der Waals surface area contributed by atoms with Crippen molar-refractivity contribution in [2.24, 2.45) is 5.92 Å². The van der Waals surface area contributed by atoms with Crippen molar-refractivity contribution in [2.75, 3.05) is 26.2 Å². The van der Waals surface area contributed by atoms with Gasteiger partial charge in [0.1, 0.15) is 0 Å². The van der Waals surface area contributed by atoms with E-state index in [-0.39, 0.29) is 12.1 Å². The topological polar surface area (TPSA) is 15.3 Å². The van der Waals surface area contributed by atoms with E-state index < -0.39 is 5.92 Å². The molecular weight excluding hydrogens is 270 g/mol. The molecule has 0 aromatic heterocycles. The molecule has 1 aromatic carbocycles. The summed E-state index contributed by atoms with van der Waals surface area (Å²) in [7, 11) is 0. The number of halogens is 2. The summed E-state index contributed by atoms with van der Waals surface area (Å²) in [5, 5.41) is 3.58. The molecule has 3 rings (SSSR count). The van der Waals surface area contributed by atoms with E-state index in [1.165, 1.54) is 25.0 Å². The number of benzene rings is 1. The fourth-order valence-corrected chi connectivity index (χ4v) is 3.00. The van der Waals surface area contributed by atoms with Crippen LogP contribution in [0.4, 0.5) is 8.78 Å². The highest BCUT2D eigenvalue weighted by molar-refractivity contribution is 5.20. The van der Waals surface area contributed by atoms with Crippen molar-refractivity contribution >= 4 is 0 Å². The highest BCUT2D eigenvalue weighted by atomic mass is 19.3. The molecule has 1 aliphatic carbocycles. The van der Waals surface area contributed by atoms with E-state index in [0.717, 1.165) is 38.4 Å². The maximum Gasteiger partial charge on any atom is 0.285 e. The molecular formula is C17H24F2N2. The van der Waals surface area contributed by atoms with Crippen LogP contribution in [0.3, 0.4) is 0 Å². The van der Waals surface area contributed by atoms with Crippen molar-refractivity contribution in [2.45, 2.75) is 37.6 Å². The predicted molar refractivity (Wildman–Crippen MR) is 80.5 cm³/mol. The summed E-state index contributed by atoms with van der Waals surface area (Å²) < 4.78 is 28.5. The third-order valence-electron chi connectivity index (χ3n) is 4.60. The van der Waals surface area contributed by atoms with Crippen LogP contribution < -0.4 is 5.32 Å². The average molecular weight is 294 g/mol. The van der Waals surface area contributed by atoms with Gasteiger partial charge in [0, 0.05) is 11.6 Å². The van der Waals surface area contributed by atoms with Crippen LogP contribution >= 0.6 is 0 Å². The molecule has 1 heterocycles. The van der Waals surface area contributed by atoms with E-state index in [1.807, 2.05) is 4.90 Å². The SMILES string of the molecule is FC(F)(CN1CCC(NCC2CC2)CC1)c1ccccc1. The molecule has 4 heteroatoms. The van der Waals surface area contributed by atoms with Gasteiger partial charge in [0.05, 0.1) is 6.54 Å². The zero-order valence-corrected chi connectivity index (χ0v) is 12.4. The minimum absolute atomic E-state index is 0.124. The smallest absolute Gasteiger partial charge is 0.285 e. The monoisotopic (exact) mass is 294 g/mol. The Morgan fingerprint density at radius 2 is 1.71 bits per heavy atom. The molecule has 1 aromatic rings. The van der Waals surface area contributed by atoms with Gasteiger partial charge in [0.25, 0.3) is 5.92 Å². The molecule has 1 N–H and O–H groups in total. The average Bonchev–Trinajstić information content (AvgIpc) is 3.31. The number of piperidine rings is 1. The lowest BCUT2D eigenvalue weighted by atomic mass is 10.0. The number of alkyl halides is 2. The Labute approximate surface area is 125 Å². The first-order valence-electron chi connectivity index (χ1n) is 8.02. The first-order chi connectivity index (χ1) is 10.1. The summed E-state index contributed by atoms with van der Waals surface area (Å²) in [6, 6.07) is 8.69. The molecule has 116 valence electrons. The van der Waals surface area contributed by atoms with Gasteiger partial charge in [-0.3, -0.25) is 4.90 Å². The minimum Gasteiger partial charge on any atom is -0.314 e. The van der Waals surface area contributed by atoms with E-state index in [0.29, 0.717) is 6.04 Å². The lowest BCUT2D eigenvalue weighted by Crippen LogP contribution is -2.46. The normalized spacial score (nSPS) is 21.6. The molecule has 2 nitrogen and oxygen atoms in total. The third-order valence-corrected chi connectivity index (χ3v) is 4.60. The summed E-state index contributed by atoms with van der Waals surface area (Å²) in [6.45, 7) is 2.49. The van der Waals surface area contributed by atoms with Crippen molar-refractivity contribution in [1.82, 2.24) is 10.2 Å². The molecule has 0 spiro atoms. The third kappa shape index (κ3) is 4.24. The van der Waals surface area contributed by atoms with Gasteiger partial charge in [0.2, 0.25) is 0 Å². The molecule has 21 heavy (non-hydrogen) atoms. The Hall–Kier alpha value is -1.00. The van der Waals surface area contributed by atoms with Crippen molar-refractivity contribution in [3.8, 4) is 0 Å². The van der Waals surface area contributed by atoms with Crippen LogP contribution in [0.5, 0.6) is 0 Å². The molecule has 0 amide bonds. The number of nitrogens with zero attached hydrogens (tertiary/aromatic N) is 1. The molecule has 1 aliphatic heterocycles. The molecule has 1 saturated carbocycles. The number of likely N-dealkylation sites (tertiary alicyclic amines) is 1. The quantitative estimate of drug-likeness (QED) is 0.866. The number of hydrogen-bond donors (Lipinski definition) is 1. The van der Waals surface area contributed by atoms with E-state index in [9.17, 15) is 8.78 Å². The zero-order chi connectivity index (χ0) is 14.7. The van der Waals surface area contributed by atoms with E-state index >= 15 is 0 Å². The van der Waals surface area contributed by atoms with Crippen molar-refractivity contribution in [3.05, 3.63) is 35.9 Å². The molecule has 0 radical (unpaired) electrons. The maximum atomic E-state index is 14.2. The molecule has 2 aliphatic rings. The summed E-state index contributed by atoms with van der Waals surface area (Å²) in [6.07, 6.45) is 4.68. The number of hydrogen-bond acceptors (Lipinski definition) is 2. The summed E-state index contributed by atoms with van der Waals surface area (Å²) in [4.78, 5) is 1.91. The second kappa shape index (κ2) is 6.41. The molecule has 0 bridgehead atoms. The largest absolute Gasteiger partial charge is 0.314 e. The van der Waals surface area contributed by atoms with Crippen LogP contribution in [0.1, 0.15) is 31.2 Å². The molecule has 0 atom stereocenters. The van der Waals surface area contributed by atoms with Crippen LogP contribution in [-0.4, -0.2) is 37.1 Å². The van der Waals surface area contributed by atoms with Gasteiger partial charge in [-0.2, -0.15) is 8.78 Å². The number of rotatable bonds is 6. The Kier molecular flexibility index (Phi) is 4.55. The minimum atomic E-state index is -2.75. The van der Waals surface area contributed by atoms with Crippen LogP contribution in [0.15, 0.2) is 30.3 Å². The Bertz CT molecular complexity index is 437. The first kappa shape index (κ1) is 14.9. The van der Waals surface area contributed by atoms with E-state index in [2.05, 4.69) is 5.32 Å². The maximum absolute atomic E-state index is 14.2. The van der Waals surface area contributed by atoms with Crippen LogP contribution in [0.2, 0.25) is 0 Å². The summed E-state index contributed by atoms with van der Waals surface area (Å²) >= 11 is 0. The second-order valence-corrected chi connectivity index (χ2v) is 6.47. The van der Waals surface area contributed by atoms with Crippen molar-refractivity contribution < 1.29 is 8.78 Å². The van der Waals surface area contributed by atoms with Gasteiger partial charge in [-0.1, -0.05) is 30.3 Å². The van der Waals surface area contributed by atoms with Gasteiger partial charge < -0.3 is 5.32 Å². The standard InChI is InChI=1S/C17H24F2N2/c18-17(19,15-4-2-1-3-5-15)13-21-10-8-16(9-11-21)20-12-14-6-7-14/h1-5,14,16,20H,6-13H2. The van der Waals surface area contributed by atoms with E-state index in [1.54, 1.807) is 18.2 Å². The Balaban J connectivity index is 1.45. The lowest BCUT2D eigenvalue weighted by Gasteiger charge is -2.34. The van der Waals surface area contributed by atoms with Crippen LogP contribution in [0.25, 0.3) is 0 Å². The zero-order valence-electron chi connectivity index (χ0n) is 12.4. The highest BCUT2D eigenvalue weighted by Gasteiger charge is 2.35. The van der Waals surface area contributed by atoms with E-state index in [4.69, 9.17) is 0 Å². The van der Waals surface area contributed by atoms with Gasteiger partial charge in [-0.15, -0.1) is 0 Å². The molecule has 1 saturated heterocycles. The highest BCUT2D eigenvalue weighted by Crippen LogP contribution is 2.30. The summed E-state index contributed by atoms with van der Waals surface area (Å²) in [5.74, 6) is -1.87. The van der Waals surface area contributed by atoms with Gasteiger partial charge in [-0.25, -0.2) is 0 Å². The fourth-order valence-electron chi connectivity index (χ4n) is 3.00. The van der Waals surface area contributed by atoms with Gasteiger partial charge >= 0.3 is 0 Å². The molecule has 2 fully saturated rings.